The second kappa shape index (κ2) is 9.55. The molecule has 24 heavy (non-hydrogen) atoms. The smallest absolute Gasteiger partial charge is 0.244 e. The summed E-state index contributed by atoms with van der Waals surface area (Å²) in [4.78, 5) is 29.1. The summed E-state index contributed by atoms with van der Waals surface area (Å²) in [5.41, 5.74) is 4.24. The monoisotopic (exact) mass is 333 g/mol. The number of carbonyl (C=O) groups excluding carboxylic acids is 2. The van der Waals surface area contributed by atoms with E-state index in [0.717, 1.165) is 25.7 Å². The van der Waals surface area contributed by atoms with Gasteiger partial charge in [-0.15, -0.1) is 0 Å². The molecular formula is C19H27NO4. The lowest BCUT2D eigenvalue weighted by Crippen LogP contribution is -2.33. The number of ether oxygens (including phenoxy) is 1. The van der Waals surface area contributed by atoms with Crippen LogP contribution in [0.1, 0.15) is 61.9 Å². The predicted molar refractivity (Wildman–Crippen MR) is 91.4 cm³/mol. The van der Waals surface area contributed by atoms with Crippen LogP contribution >= 0.6 is 0 Å². The third kappa shape index (κ3) is 6.42. The number of nitrogens with one attached hydrogen (secondary N) is 1. The summed E-state index contributed by atoms with van der Waals surface area (Å²) in [6, 6.07) is 7.64. The first-order valence-corrected chi connectivity index (χ1v) is 8.73. The van der Waals surface area contributed by atoms with Crippen LogP contribution in [0.5, 0.6) is 0 Å². The zero-order chi connectivity index (χ0) is 17.4. The van der Waals surface area contributed by atoms with Crippen molar-refractivity contribution in [1.82, 2.24) is 5.48 Å². The molecule has 1 N–H and O–H groups in total. The van der Waals surface area contributed by atoms with Crippen LogP contribution in [-0.2, 0) is 20.8 Å². The lowest BCUT2D eigenvalue weighted by atomic mass is 9.99. The summed E-state index contributed by atoms with van der Waals surface area (Å²) in [6.45, 7) is 4.99. The van der Waals surface area contributed by atoms with Crippen LogP contribution < -0.4 is 5.48 Å². The van der Waals surface area contributed by atoms with Gasteiger partial charge in [0, 0.05) is 31.4 Å². The number of rotatable bonds is 8. The number of Topliss-reactive ketones (excluding diaryl/α,β-unsaturated/α-hetero) is 1. The first kappa shape index (κ1) is 18.6. The fourth-order valence-electron chi connectivity index (χ4n) is 2.66. The zero-order valence-corrected chi connectivity index (χ0v) is 14.5. The van der Waals surface area contributed by atoms with Crippen molar-refractivity contribution in [2.24, 2.45) is 5.92 Å². The number of hydroxylamine groups is 1. The lowest BCUT2D eigenvalue weighted by Gasteiger charge is -2.22. The third-order valence-electron chi connectivity index (χ3n) is 3.94. The van der Waals surface area contributed by atoms with Crippen molar-refractivity contribution in [2.75, 3.05) is 6.61 Å². The van der Waals surface area contributed by atoms with Crippen LogP contribution in [0.2, 0.25) is 0 Å². The van der Waals surface area contributed by atoms with Gasteiger partial charge in [0.05, 0.1) is 0 Å². The average molecular weight is 333 g/mol. The minimum absolute atomic E-state index is 0.0323. The van der Waals surface area contributed by atoms with E-state index in [9.17, 15) is 9.59 Å². The minimum atomic E-state index is -0.369. The minimum Gasteiger partial charge on any atom is -0.350 e. The van der Waals surface area contributed by atoms with Gasteiger partial charge in [-0.3, -0.25) is 9.59 Å². The Kier molecular flexibility index (Phi) is 7.40. The van der Waals surface area contributed by atoms with Crippen molar-refractivity contribution < 1.29 is 19.2 Å². The van der Waals surface area contributed by atoms with Gasteiger partial charge in [-0.25, -0.2) is 10.3 Å². The SMILES string of the molecule is CC(C)Cc1ccc(C(=O)CCC(=O)NOC2CCCCO2)cc1. The molecule has 1 aliphatic heterocycles. The molecule has 1 atom stereocenters. The Labute approximate surface area is 143 Å². The lowest BCUT2D eigenvalue weighted by molar-refractivity contribution is -0.200. The van der Waals surface area contributed by atoms with Gasteiger partial charge in [-0.05, 0) is 30.7 Å². The van der Waals surface area contributed by atoms with Crippen molar-refractivity contribution in [3.05, 3.63) is 35.4 Å². The summed E-state index contributed by atoms with van der Waals surface area (Å²) in [6.07, 6.45) is 3.75. The van der Waals surface area contributed by atoms with E-state index >= 15 is 0 Å². The molecule has 5 heteroatoms. The van der Waals surface area contributed by atoms with Gasteiger partial charge in [-0.1, -0.05) is 38.1 Å². The molecule has 0 aliphatic carbocycles. The summed E-state index contributed by atoms with van der Waals surface area (Å²) in [5, 5.41) is 0. The topological polar surface area (TPSA) is 64.6 Å². The Hall–Kier alpha value is -1.72. The maximum Gasteiger partial charge on any atom is 0.244 e. The Balaban J connectivity index is 1.70. The number of amides is 1. The highest BCUT2D eigenvalue weighted by Gasteiger charge is 2.16. The maximum absolute atomic E-state index is 12.1. The molecule has 0 bridgehead atoms. The largest absolute Gasteiger partial charge is 0.350 e. The molecule has 1 heterocycles. The fraction of sp³-hybridized carbons (Fsp3) is 0.579. The molecule has 1 aliphatic rings. The molecule has 1 aromatic rings. The molecule has 1 amide bonds. The molecule has 0 aromatic heterocycles. The van der Waals surface area contributed by atoms with Crippen LogP contribution in [0.4, 0.5) is 0 Å². The highest BCUT2D eigenvalue weighted by Crippen LogP contribution is 2.13. The van der Waals surface area contributed by atoms with Gasteiger partial charge < -0.3 is 4.74 Å². The first-order chi connectivity index (χ1) is 11.5. The highest BCUT2D eigenvalue weighted by molar-refractivity contribution is 5.97. The first-order valence-electron chi connectivity index (χ1n) is 8.73. The highest BCUT2D eigenvalue weighted by atomic mass is 16.8. The van der Waals surface area contributed by atoms with Gasteiger partial charge >= 0.3 is 0 Å². The van der Waals surface area contributed by atoms with Gasteiger partial charge in [0.2, 0.25) is 5.91 Å². The quantitative estimate of drug-likeness (QED) is 0.585. The Bertz CT molecular complexity index is 533. The third-order valence-corrected chi connectivity index (χ3v) is 3.94. The molecule has 132 valence electrons. The Morgan fingerprint density at radius 3 is 2.58 bits per heavy atom. The maximum atomic E-state index is 12.1. The van der Waals surface area contributed by atoms with Gasteiger partial charge in [0.1, 0.15) is 0 Å². The molecule has 5 nitrogen and oxygen atoms in total. The number of hydrogen-bond acceptors (Lipinski definition) is 4. The molecule has 0 radical (unpaired) electrons. The van der Waals surface area contributed by atoms with E-state index in [1.807, 2.05) is 24.3 Å². The van der Waals surface area contributed by atoms with Crippen molar-refractivity contribution >= 4 is 11.7 Å². The zero-order valence-electron chi connectivity index (χ0n) is 14.5. The number of benzene rings is 1. The van der Waals surface area contributed by atoms with E-state index in [2.05, 4.69) is 19.3 Å². The number of hydrogen-bond donors (Lipinski definition) is 1. The molecule has 1 fully saturated rings. The summed E-state index contributed by atoms with van der Waals surface area (Å²) in [7, 11) is 0. The molecule has 0 saturated carbocycles. The summed E-state index contributed by atoms with van der Waals surface area (Å²) >= 11 is 0. The van der Waals surface area contributed by atoms with Crippen LogP contribution in [-0.4, -0.2) is 24.6 Å². The summed E-state index contributed by atoms with van der Waals surface area (Å²) in [5.74, 6) is 0.257. The van der Waals surface area contributed by atoms with E-state index in [1.54, 1.807) is 0 Å². The molecule has 1 unspecified atom stereocenters. The van der Waals surface area contributed by atoms with Crippen LogP contribution in [0.15, 0.2) is 24.3 Å². The van der Waals surface area contributed by atoms with E-state index in [0.29, 0.717) is 18.1 Å². The van der Waals surface area contributed by atoms with Crippen molar-refractivity contribution in [2.45, 2.75) is 58.7 Å². The van der Waals surface area contributed by atoms with Gasteiger partial charge in [0.25, 0.3) is 0 Å². The van der Waals surface area contributed by atoms with Crippen LogP contribution in [0.25, 0.3) is 0 Å². The summed E-state index contributed by atoms with van der Waals surface area (Å²) < 4.78 is 5.36. The number of carbonyl (C=O) groups is 2. The molecule has 2 rings (SSSR count). The normalized spacial score (nSPS) is 17.7. The van der Waals surface area contributed by atoms with E-state index in [1.165, 1.54) is 5.56 Å². The van der Waals surface area contributed by atoms with E-state index in [-0.39, 0.29) is 30.8 Å². The van der Waals surface area contributed by atoms with Gasteiger partial charge in [0.15, 0.2) is 12.1 Å². The molecular weight excluding hydrogens is 306 g/mol. The van der Waals surface area contributed by atoms with Gasteiger partial charge in [-0.2, -0.15) is 0 Å². The van der Waals surface area contributed by atoms with Crippen molar-refractivity contribution in [1.29, 1.82) is 0 Å². The Morgan fingerprint density at radius 1 is 1.21 bits per heavy atom. The van der Waals surface area contributed by atoms with Crippen molar-refractivity contribution in [3.63, 3.8) is 0 Å². The predicted octanol–water partition coefficient (Wildman–Crippen LogP) is 3.42. The molecule has 1 saturated heterocycles. The average Bonchev–Trinajstić information content (AvgIpc) is 2.59. The molecule has 0 spiro atoms. The second-order valence-corrected chi connectivity index (χ2v) is 6.66. The number of ketones is 1. The second-order valence-electron chi connectivity index (χ2n) is 6.66. The van der Waals surface area contributed by atoms with Crippen LogP contribution in [0, 0.1) is 5.92 Å². The standard InChI is InChI=1S/C19H27NO4/c1-14(2)13-15-6-8-16(9-7-15)17(21)10-11-18(22)20-24-19-5-3-4-12-23-19/h6-9,14,19H,3-5,10-13H2,1-2H3,(H,20,22). The molecule has 1 aromatic carbocycles. The van der Waals surface area contributed by atoms with E-state index in [4.69, 9.17) is 9.57 Å². The van der Waals surface area contributed by atoms with Crippen molar-refractivity contribution in [3.8, 4) is 0 Å². The van der Waals surface area contributed by atoms with E-state index < -0.39 is 0 Å². The van der Waals surface area contributed by atoms with Crippen LogP contribution in [0.3, 0.4) is 0 Å². The fourth-order valence-corrected chi connectivity index (χ4v) is 2.66. The Morgan fingerprint density at radius 2 is 1.96 bits per heavy atom.